The molecule has 2 rings (SSSR count). The van der Waals surface area contributed by atoms with Crippen molar-refractivity contribution < 1.29 is 28.6 Å². The minimum atomic E-state index is -0.869. The van der Waals surface area contributed by atoms with E-state index in [0.717, 1.165) is 17.7 Å². The van der Waals surface area contributed by atoms with Crippen LogP contribution in [0.25, 0.3) is 0 Å². The quantitative estimate of drug-likeness (QED) is 0.206. The minimum absolute atomic E-state index is 0.232. The number of nitrogens with one attached hydrogen (secondary N) is 3. The Balaban J connectivity index is 1.96. The number of amides is 3. The van der Waals surface area contributed by atoms with Gasteiger partial charge in [0.25, 0.3) is 0 Å². The number of benzene rings is 2. The number of carbonyl (C=O) groups excluding carboxylic acids is 3. The fourth-order valence-electron chi connectivity index (χ4n) is 4.50. The van der Waals surface area contributed by atoms with Crippen LogP contribution in [-0.4, -0.2) is 73.6 Å². The molecule has 4 N–H and O–H groups in total. The molecule has 238 valence electrons. The van der Waals surface area contributed by atoms with Gasteiger partial charge in [0.2, 0.25) is 17.7 Å². The number of rotatable bonds is 17. The van der Waals surface area contributed by atoms with Crippen LogP contribution in [0, 0.1) is 23.6 Å². The highest BCUT2D eigenvalue weighted by molar-refractivity contribution is 5.92. The van der Waals surface area contributed by atoms with Crippen molar-refractivity contribution in [2.75, 3.05) is 33.8 Å². The predicted octanol–water partition coefficient (Wildman–Crippen LogP) is 3.68. The van der Waals surface area contributed by atoms with E-state index >= 15 is 0 Å². The van der Waals surface area contributed by atoms with Crippen molar-refractivity contribution >= 4 is 17.7 Å². The number of hydrogen-bond acceptors (Lipinski definition) is 6. The molecule has 0 saturated heterocycles. The van der Waals surface area contributed by atoms with Crippen LogP contribution in [0.1, 0.15) is 52.2 Å². The highest BCUT2D eigenvalue weighted by Crippen LogP contribution is 2.21. The van der Waals surface area contributed by atoms with Crippen LogP contribution in [-0.2, 0) is 27.2 Å². The number of phenolic OH excluding ortho intramolecular Hbond substituents is 1. The number of ether oxygens (including phenoxy) is 1. The van der Waals surface area contributed by atoms with Gasteiger partial charge in [-0.3, -0.25) is 14.4 Å². The van der Waals surface area contributed by atoms with Crippen LogP contribution >= 0.6 is 0 Å². The molecule has 0 radical (unpaired) electrons. The summed E-state index contributed by atoms with van der Waals surface area (Å²) in [7, 11) is 3.63. The van der Waals surface area contributed by atoms with Gasteiger partial charge in [0.15, 0.2) is 11.6 Å². The Kier molecular flexibility index (Phi) is 14.4. The summed E-state index contributed by atoms with van der Waals surface area (Å²) in [4.78, 5) is 41.2. The molecule has 9 nitrogen and oxygen atoms in total. The third-order valence-electron chi connectivity index (χ3n) is 6.90. The van der Waals surface area contributed by atoms with Crippen molar-refractivity contribution in [2.24, 2.45) is 17.8 Å². The third kappa shape index (κ3) is 12.2. The number of phenols is 1. The van der Waals surface area contributed by atoms with E-state index in [4.69, 9.17) is 4.74 Å². The molecule has 2 aromatic carbocycles. The number of carbonyl (C=O) groups is 3. The molecule has 3 amide bonds. The van der Waals surface area contributed by atoms with Crippen LogP contribution in [0.15, 0.2) is 42.5 Å². The Morgan fingerprint density at radius 3 is 2.28 bits per heavy atom. The van der Waals surface area contributed by atoms with E-state index in [1.807, 2.05) is 57.1 Å². The van der Waals surface area contributed by atoms with Gasteiger partial charge in [-0.2, -0.15) is 0 Å². The Morgan fingerprint density at radius 1 is 0.953 bits per heavy atom. The number of hydrogen-bond donors (Lipinski definition) is 4. The van der Waals surface area contributed by atoms with Gasteiger partial charge in [-0.05, 0) is 74.5 Å². The Bertz CT molecular complexity index is 1200. The molecule has 2 aromatic rings. The van der Waals surface area contributed by atoms with Crippen LogP contribution in [0.3, 0.4) is 0 Å². The molecular weight excluding hydrogens is 551 g/mol. The highest BCUT2D eigenvalue weighted by Gasteiger charge is 2.30. The molecule has 0 aromatic heterocycles. The second-order valence-electron chi connectivity index (χ2n) is 12.2. The smallest absolute Gasteiger partial charge is 0.243 e. The molecule has 0 bridgehead atoms. The van der Waals surface area contributed by atoms with Crippen molar-refractivity contribution in [1.82, 2.24) is 20.9 Å². The second-order valence-corrected chi connectivity index (χ2v) is 12.2. The monoisotopic (exact) mass is 600 g/mol. The summed E-state index contributed by atoms with van der Waals surface area (Å²) in [6, 6.07) is 10.2. The maximum absolute atomic E-state index is 13.7. The maximum atomic E-state index is 13.7. The average molecular weight is 601 g/mol. The van der Waals surface area contributed by atoms with Crippen LogP contribution in [0.4, 0.5) is 4.39 Å². The Hall–Kier alpha value is -3.66. The first-order valence-corrected chi connectivity index (χ1v) is 15.0. The zero-order valence-electron chi connectivity index (χ0n) is 26.6. The summed E-state index contributed by atoms with van der Waals surface area (Å²) in [5.74, 6) is -1.86. The normalized spacial score (nSPS) is 13.5. The van der Waals surface area contributed by atoms with Crippen molar-refractivity contribution in [3.63, 3.8) is 0 Å². The first kappa shape index (κ1) is 35.5. The molecule has 3 atom stereocenters. The first-order valence-electron chi connectivity index (χ1n) is 15.0. The molecule has 0 fully saturated rings. The molecule has 10 heteroatoms. The molecule has 0 aliphatic heterocycles. The van der Waals surface area contributed by atoms with Crippen LogP contribution in [0.2, 0.25) is 0 Å². The van der Waals surface area contributed by atoms with Crippen molar-refractivity contribution in [3.8, 4) is 11.5 Å². The van der Waals surface area contributed by atoms with E-state index in [1.165, 1.54) is 12.1 Å². The summed E-state index contributed by atoms with van der Waals surface area (Å²) >= 11 is 0. The SMILES string of the molecule is CC(C)COc1ccccc1CCCNC(=O)[C@H](CN(C)C)NC(=O)[C@H](NC(=O)[C@H](C)Cc1ccc(O)c(F)c1)C(C)C. The van der Waals surface area contributed by atoms with Gasteiger partial charge in [0, 0.05) is 19.0 Å². The van der Waals surface area contributed by atoms with Gasteiger partial charge in [0.1, 0.15) is 17.8 Å². The van der Waals surface area contributed by atoms with E-state index in [-0.39, 0.29) is 30.7 Å². The van der Waals surface area contributed by atoms with E-state index in [2.05, 4.69) is 29.8 Å². The summed E-state index contributed by atoms with van der Waals surface area (Å²) in [6.07, 6.45) is 1.66. The molecular formula is C33H49FN4O5. The van der Waals surface area contributed by atoms with Crippen molar-refractivity contribution in [2.45, 2.75) is 66.0 Å². The maximum Gasteiger partial charge on any atom is 0.243 e. The van der Waals surface area contributed by atoms with Crippen LogP contribution < -0.4 is 20.7 Å². The Morgan fingerprint density at radius 2 is 1.65 bits per heavy atom. The number of aryl methyl sites for hydroxylation is 1. The number of para-hydroxylation sites is 1. The molecule has 0 heterocycles. The lowest BCUT2D eigenvalue weighted by molar-refractivity contribution is -0.134. The highest BCUT2D eigenvalue weighted by atomic mass is 19.1. The summed E-state index contributed by atoms with van der Waals surface area (Å²) in [5.41, 5.74) is 1.63. The third-order valence-corrected chi connectivity index (χ3v) is 6.90. The zero-order chi connectivity index (χ0) is 32.1. The first-order chi connectivity index (χ1) is 20.3. The molecule has 0 spiro atoms. The van der Waals surface area contributed by atoms with Gasteiger partial charge in [0.05, 0.1) is 6.61 Å². The molecule has 0 saturated carbocycles. The summed E-state index contributed by atoms with van der Waals surface area (Å²) < 4.78 is 19.7. The molecule has 43 heavy (non-hydrogen) atoms. The topological polar surface area (TPSA) is 120 Å². The van der Waals surface area contributed by atoms with E-state index in [1.54, 1.807) is 13.0 Å². The molecule has 0 unspecified atom stereocenters. The second kappa shape index (κ2) is 17.5. The lowest BCUT2D eigenvalue weighted by Crippen LogP contribution is -2.58. The van der Waals surface area contributed by atoms with E-state index in [0.29, 0.717) is 31.1 Å². The number of nitrogens with zero attached hydrogens (tertiary/aromatic N) is 1. The Labute approximate surface area is 255 Å². The van der Waals surface area contributed by atoms with Gasteiger partial charge < -0.3 is 30.7 Å². The zero-order valence-corrected chi connectivity index (χ0v) is 26.6. The van der Waals surface area contributed by atoms with Crippen molar-refractivity contribution in [1.29, 1.82) is 0 Å². The van der Waals surface area contributed by atoms with Gasteiger partial charge in [-0.15, -0.1) is 0 Å². The van der Waals surface area contributed by atoms with Crippen LogP contribution in [0.5, 0.6) is 11.5 Å². The van der Waals surface area contributed by atoms with E-state index < -0.39 is 35.5 Å². The lowest BCUT2D eigenvalue weighted by atomic mass is 9.97. The summed E-state index contributed by atoms with van der Waals surface area (Å²) in [6.45, 7) is 10.9. The summed E-state index contributed by atoms with van der Waals surface area (Å²) in [5, 5.41) is 18.0. The molecule has 0 aliphatic carbocycles. The fourth-order valence-corrected chi connectivity index (χ4v) is 4.50. The largest absolute Gasteiger partial charge is 0.505 e. The van der Waals surface area contributed by atoms with Gasteiger partial charge >= 0.3 is 0 Å². The number of halogens is 1. The van der Waals surface area contributed by atoms with Crippen molar-refractivity contribution in [3.05, 3.63) is 59.4 Å². The lowest BCUT2D eigenvalue weighted by Gasteiger charge is -2.27. The molecule has 0 aliphatic rings. The van der Waals surface area contributed by atoms with Gasteiger partial charge in [-0.1, -0.05) is 58.9 Å². The number of likely N-dealkylation sites (N-methyl/N-ethyl adjacent to an activating group) is 1. The fraction of sp³-hybridized carbons (Fsp3) is 0.545. The number of aromatic hydroxyl groups is 1. The predicted molar refractivity (Wildman–Crippen MR) is 166 cm³/mol. The van der Waals surface area contributed by atoms with Gasteiger partial charge in [-0.25, -0.2) is 4.39 Å². The van der Waals surface area contributed by atoms with E-state index in [9.17, 15) is 23.9 Å². The minimum Gasteiger partial charge on any atom is -0.505 e. The average Bonchev–Trinajstić information content (AvgIpc) is 2.94. The standard InChI is InChI=1S/C33H49FN4O5/c1-21(2)20-43-29-13-9-8-11-25(29)12-10-16-35-32(41)27(19-38(6)7)36-33(42)30(22(3)4)37-31(40)23(5)17-24-14-15-28(39)26(34)18-24/h8-9,11,13-15,18,21-23,27,30,39H,10,12,16-17,19-20H2,1-7H3,(H,35,41)(H,36,42)(H,37,40)/t23-,27+,30-/m1/s1.